The van der Waals surface area contributed by atoms with Gasteiger partial charge in [-0.3, -0.25) is 0 Å². The standard InChI is InChI=1S/C7H13N/c1-3-5-6-7-8-4-2/h3,5-8H,4H2,1-2H3/b5-3?,7-6-. The van der Waals surface area contributed by atoms with Crippen molar-refractivity contribution < 1.29 is 0 Å². The number of hydrogen-bond donors (Lipinski definition) is 1. The van der Waals surface area contributed by atoms with E-state index in [4.69, 9.17) is 0 Å². The zero-order valence-corrected chi connectivity index (χ0v) is 5.52. The Bertz CT molecular complexity index is 82.4. The average Bonchev–Trinajstić information content (AvgIpc) is 1.81. The van der Waals surface area contributed by atoms with Crippen LogP contribution < -0.4 is 5.32 Å². The minimum Gasteiger partial charge on any atom is -0.391 e. The Labute approximate surface area is 51.1 Å². The smallest absolute Gasteiger partial charge is 0.0113 e. The molecule has 0 unspecified atom stereocenters. The van der Waals surface area contributed by atoms with E-state index >= 15 is 0 Å². The molecule has 0 bridgehead atoms. The van der Waals surface area contributed by atoms with Gasteiger partial charge in [-0.05, 0) is 26.1 Å². The minimum atomic E-state index is 0.994. The predicted octanol–water partition coefficient (Wildman–Crippen LogP) is 1.69. The van der Waals surface area contributed by atoms with Crippen LogP contribution in [-0.4, -0.2) is 6.54 Å². The molecule has 1 nitrogen and oxygen atoms in total. The monoisotopic (exact) mass is 111 g/mol. The van der Waals surface area contributed by atoms with Crippen molar-refractivity contribution >= 4 is 0 Å². The average molecular weight is 111 g/mol. The van der Waals surface area contributed by atoms with Crippen molar-refractivity contribution in [3.8, 4) is 0 Å². The number of nitrogens with one attached hydrogen (secondary N) is 1. The van der Waals surface area contributed by atoms with E-state index in [0.29, 0.717) is 0 Å². The Hall–Kier alpha value is -0.720. The van der Waals surface area contributed by atoms with Gasteiger partial charge in [0.05, 0.1) is 0 Å². The molecule has 0 aliphatic rings. The minimum absolute atomic E-state index is 0.994. The van der Waals surface area contributed by atoms with Gasteiger partial charge in [0.25, 0.3) is 0 Å². The highest BCUT2D eigenvalue weighted by molar-refractivity contribution is 4.99. The van der Waals surface area contributed by atoms with Crippen LogP contribution >= 0.6 is 0 Å². The van der Waals surface area contributed by atoms with Gasteiger partial charge in [0.1, 0.15) is 0 Å². The van der Waals surface area contributed by atoms with Crippen molar-refractivity contribution in [2.45, 2.75) is 13.8 Å². The fraction of sp³-hybridized carbons (Fsp3) is 0.429. The fourth-order valence-electron chi connectivity index (χ4n) is 0.353. The first-order valence-corrected chi connectivity index (χ1v) is 2.93. The molecule has 0 aromatic carbocycles. The molecule has 46 valence electrons. The molecule has 0 amide bonds. The van der Waals surface area contributed by atoms with Crippen molar-refractivity contribution in [3.63, 3.8) is 0 Å². The second kappa shape index (κ2) is 6.28. The molecular weight excluding hydrogens is 98.1 g/mol. The summed E-state index contributed by atoms with van der Waals surface area (Å²) in [5.41, 5.74) is 0. The molecule has 0 saturated carbocycles. The molecule has 1 N–H and O–H groups in total. The molecule has 8 heavy (non-hydrogen) atoms. The maximum Gasteiger partial charge on any atom is 0.0113 e. The summed E-state index contributed by atoms with van der Waals surface area (Å²) in [7, 11) is 0. The maximum absolute atomic E-state index is 3.05. The largest absolute Gasteiger partial charge is 0.391 e. The first-order valence-electron chi connectivity index (χ1n) is 2.93. The molecule has 1 heteroatoms. The lowest BCUT2D eigenvalue weighted by molar-refractivity contribution is 0.919. The first kappa shape index (κ1) is 7.28. The molecular formula is C7H13N. The molecule has 0 spiro atoms. The van der Waals surface area contributed by atoms with Crippen LogP contribution in [-0.2, 0) is 0 Å². The molecule has 0 radical (unpaired) electrons. The van der Waals surface area contributed by atoms with E-state index in [0.717, 1.165) is 6.54 Å². The van der Waals surface area contributed by atoms with Crippen LogP contribution in [0, 0.1) is 0 Å². The molecule has 0 fully saturated rings. The SMILES string of the molecule is CC=C/C=C\NCC. The van der Waals surface area contributed by atoms with Gasteiger partial charge in [0.2, 0.25) is 0 Å². The maximum atomic E-state index is 3.05. The fourth-order valence-corrected chi connectivity index (χ4v) is 0.353. The van der Waals surface area contributed by atoms with Crippen LogP contribution in [0.4, 0.5) is 0 Å². The van der Waals surface area contributed by atoms with Crippen LogP contribution in [0.5, 0.6) is 0 Å². The van der Waals surface area contributed by atoms with Gasteiger partial charge in [0, 0.05) is 6.54 Å². The van der Waals surface area contributed by atoms with Gasteiger partial charge in [-0.15, -0.1) is 0 Å². The highest BCUT2D eigenvalue weighted by Crippen LogP contribution is 1.71. The van der Waals surface area contributed by atoms with Crippen LogP contribution in [0.3, 0.4) is 0 Å². The van der Waals surface area contributed by atoms with E-state index in [9.17, 15) is 0 Å². The summed E-state index contributed by atoms with van der Waals surface area (Å²) in [6, 6.07) is 0. The number of rotatable bonds is 3. The molecule has 0 aromatic heterocycles. The summed E-state index contributed by atoms with van der Waals surface area (Å²) in [4.78, 5) is 0. The van der Waals surface area contributed by atoms with Gasteiger partial charge in [-0.2, -0.15) is 0 Å². The van der Waals surface area contributed by atoms with Gasteiger partial charge in [0.15, 0.2) is 0 Å². The first-order chi connectivity index (χ1) is 3.91. The van der Waals surface area contributed by atoms with Crippen LogP contribution in [0.15, 0.2) is 24.4 Å². The molecule has 0 atom stereocenters. The second-order valence-electron chi connectivity index (χ2n) is 1.44. The Morgan fingerprint density at radius 3 is 2.62 bits per heavy atom. The lowest BCUT2D eigenvalue weighted by atomic mass is 10.5. The van der Waals surface area contributed by atoms with Crippen LogP contribution in [0.2, 0.25) is 0 Å². The van der Waals surface area contributed by atoms with Crippen molar-refractivity contribution in [1.29, 1.82) is 0 Å². The van der Waals surface area contributed by atoms with E-state index in [-0.39, 0.29) is 0 Å². The van der Waals surface area contributed by atoms with Gasteiger partial charge in [-0.1, -0.05) is 12.2 Å². The van der Waals surface area contributed by atoms with Crippen molar-refractivity contribution in [3.05, 3.63) is 24.4 Å². The van der Waals surface area contributed by atoms with Crippen molar-refractivity contribution in [1.82, 2.24) is 5.32 Å². The van der Waals surface area contributed by atoms with Crippen LogP contribution in [0.1, 0.15) is 13.8 Å². The summed E-state index contributed by atoms with van der Waals surface area (Å²) >= 11 is 0. The van der Waals surface area contributed by atoms with E-state index in [2.05, 4.69) is 12.2 Å². The summed E-state index contributed by atoms with van der Waals surface area (Å²) in [5, 5.41) is 3.05. The lowest BCUT2D eigenvalue weighted by Gasteiger charge is -1.86. The van der Waals surface area contributed by atoms with Gasteiger partial charge in [-0.25, -0.2) is 0 Å². The second-order valence-corrected chi connectivity index (χ2v) is 1.44. The summed E-state index contributed by atoms with van der Waals surface area (Å²) in [6.45, 7) is 5.06. The third kappa shape index (κ3) is 5.28. The van der Waals surface area contributed by atoms with Crippen molar-refractivity contribution in [2.24, 2.45) is 0 Å². The number of allylic oxidation sites excluding steroid dienone is 3. The topological polar surface area (TPSA) is 12.0 Å². The zero-order chi connectivity index (χ0) is 6.24. The molecule has 0 heterocycles. The normalized spacial score (nSPS) is 11.2. The van der Waals surface area contributed by atoms with Gasteiger partial charge >= 0.3 is 0 Å². The Balaban J connectivity index is 3.07. The molecule has 0 saturated heterocycles. The molecule has 0 aliphatic carbocycles. The van der Waals surface area contributed by atoms with Crippen molar-refractivity contribution in [2.75, 3.05) is 6.54 Å². The van der Waals surface area contributed by atoms with E-state index in [1.54, 1.807) is 0 Å². The van der Waals surface area contributed by atoms with Crippen LogP contribution in [0.25, 0.3) is 0 Å². The third-order valence-corrected chi connectivity index (χ3v) is 0.722. The van der Waals surface area contributed by atoms with E-state index in [1.165, 1.54) is 0 Å². The zero-order valence-electron chi connectivity index (χ0n) is 5.52. The summed E-state index contributed by atoms with van der Waals surface area (Å²) < 4.78 is 0. The van der Waals surface area contributed by atoms with E-state index in [1.807, 2.05) is 31.4 Å². The Kier molecular flexibility index (Phi) is 5.71. The van der Waals surface area contributed by atoms with E-state index < -0.39 is 0 Å². The Morgan fingerprint density at radius 1 is 1.38 bits per heavy atom. The quantitative estimate of drug-likeness (QED) is 0.546. The lowest BCUT2D eigenvalue weighted by Crippen LogP contribution is -2.00. The predicted molar refractivity (Wildman–Crippen MR) is 37.6 cm³/mol. The Morgan fingerprint density at radius 2 is 2.12 bits per heavy atom. The summed E-state index contributed by atoms with van der Waals surface area (Å²) in [6.07, 6.45) is 7.89. The molecule has 0 rings (SSSR count). The number of hydrogen-bond acceptors (Lipinski definition) is 1. The summed E-state index contributed by atoms with van der Waals surface area (Å²) in [5.74, 6) is 0. The highest BCUT2D eigenvalue weighted by Gasteiger charge is 1.61. The highest BCUT2D eigenvalue weighted by atomic mass is 14.8. The third-order valence-electron chi connectivity index (χ3n) is 0.722. The van der Waals surface area contributed by atoms with Gasteiger partial charge < -0.3 is 5.32 Å². The molecule has 0 aliphatic heterocycles. The molecule has 0 aromatic rings.